The van der Waals surface area contributed by atoms with Crippen LogP contribution in [0.3, 0.4) is 0 Å². The molecule has 0 spiro atoms. The minimum Gasteiger partial charge on any atom is -0.484 e. The van der Waals surface area contributed by atoms with E-state index in [0.717, 1.165) is 18.9 Å². The number of ether oxygens (including phenoxy) is 1. The minimum absolute atomic E-state index is 0.259. The third kappa shape index (κ3) is 1.27. The maximum atomic E-state index is 8.38. The maximum absolute atomic E-state index is 8.38. The van der Waals surface area contributed by atoms with Gasteiger partial charge in [0, 0.05) is 18.9 Å². The molecule has 0 saturated heterocycles. The highest BCUT2D eigenvalue weighted by molar-refractivity contribution is 5.80. The number of aliphatic imine (C=N–C) groups is 1. The Morgan fingerprint density at radius 1 is 1.90 bits per heavy atom. The number of methoxy groups -OCH3 is 1. The van der Waals surface area contributed by atoms with Crippen LogP contribution in [0.15, 0.2) is 4.99 Å². The molecule has 3 heteroatoms. The number of hydrogen-bond acceptors (Lipinski definition) is 3. The van der Waals surface area contributed by atoms with E-state index in [0.29, 0.717) is 6.42 Å². The van der Waals surface area contributed by atoms with Crippen molar-refractivity contribution in [3.63, 3.8) is 0 Å². The van der Waals surface area contributed by atoms with Crippen LogP contribution >= 0.6 is 0 Å². The molecular formula is C7H10N2O. The summed E-state index contributed by atoms with van der Waals surface area (Å²) in [6, 6.07) is 2.11. The molecule has 1 rings (SSSR count). The van der Waals surface area contributed by atoms with Crippen molar-refractivity contribution in [3.05, 3.63) is 0 Å². The lowest BCUT2D eigenvalue weighted by Gasteiger charge is -2.05. The Balaban J connectivity index is 2.48. The van der Waals surface area contributed by atoms with Crippen molar-refractivity contribution in [3.8, 4) is 6.07 Å². The van der Waals surface area contributed by atoms with Crippen molar-refractivity contribution in [2.45, 2.75) is 12.8 Å². The number of rotatable bonds is 1. The van der Waals surface area contributed by atoms with Gasteiger partial charge >= 0.3 is 0 Å². The molecule has 3 nitrogen and oxygen atoms in total. The Morgan fingerprint density at radius 2 is 2.70 bits per heavy atom. The summed E-state index contributed by atoms with van der Waals surface area (Å²) in [4.78, 5) is 4.10. The zero-order valence-electron chi connectivity index (χ0n) is 6.00. The molecule has 1 unspecified atom stereocenters. The van der Waals surface area contributed by atoms with Gasteiger partial charge in [0.2, 0.25) is 0 Å². The summed E-state index contributed by atoms with van der Waals surface area (Å²) < 4.78 is 4.98. The second kappa shape index (κ2) is 3.21. The second-order valence-electron chi connectivity index (χ2n) is 2.27. The lowest BCUT2D eigenvalue weighted by Crippen LogP contribution is -2.10. The van der Waals surface area contributed by atoms with Crippen LogP contribution in [0, 0.1) is 17.2 Å². The van der Waals surface area contributed by atoms with Gasteiger partial charge in [-0.3, -0.25) is 4.99 Å². The summed E-state index contributed by atoms with van der Waals surface area (Å²) in [7, 11) is 1.61. The van der Waals surface area contributed by atoms with Crippen LogP contribution in [0.25, 0.3) is 0 Å². The molecule has 0 aliphatic carbocycles. The molecule has 0 amide bonds. The molecule has 0 aromatic heterocycles. The van der Waals surface area contributed by atoms with Gasteiger partial charge in [0.1, 0.15) is 0 Å². The van der Waals surface area contributed by atoms with E-state index in [9.17, 15) is 0 Å². The maximum Gasteiger partial charge on any atom is 0.187 e. The molecular weight excluding hydrogens is 128 g/mol. The van der Waals surface area contributed by atoms with E-state index in [1.165, 1.54) is 0 Å². The average molecular weight is 138 g/mol. The van der Waals surface area contributed by atoms with E-state index in [4.69, 9.17) is 10.00 Å². The fraction of sp³-hybridized carbons (Fsp3) is 0.714. The SMILES string of the molecule is COC1=NCCC1CC#N. The van der Waals surface area contributed by atoms with Crippen LogP contribution in [0.2, 0.25) is 0 Å². The van der Waals surface area contributed by atoms with Gasteiger partial charge in [0.15, 0.2) is 5.90 Å². The predicted octanol–water partition coefficient (Wildman–Crippen LogP) is 0.965. The summed E-state index contributed by atoms with van der Waals surface area (Å²) in [6.45, 7) is 0.815. The molecule has 1 heterocycles. The molecule has 1 aliphatic rings. The lowest BCUT2D eigenvalue weighted by atomic mass is 10.1. The first-order valence-corrected chi connectivity index (χ1v) is 3.33. The van der Waals surface area contributed by atoms with Crippen LogP contribution in [0.5, 0.6) is 0 Å². The van der Waals surface area contributed by atoms with Crippen LogP contribution in [-0.2, 0) is 4.74 Å². The molecule has 0 fully saturated rings. The molecule has 0 radical (unpaired) electrons. The minimum atomic E-state index is 0.259. The summed E-state index contributed by atoms with van der Waals surface area (Å²) in [5, 5.41) is 8.38. The zero-order chi connectivity index (χ0) is 7.40. The van der Waals surface area contributed by atoms with Gasteiger partial charge in [0.05, 0.1) is 13.2 Å². The van der Waals surface area contributed by atoms with Crippen LogP contribution in [0.1, 0.15) is 12.8 Å². The normalized spacial score (nSPS) is 23.6. The summed E-state index contributed by atoms with van der Waals surface area (Å²) >= 11 is 0. The summed E-state index contributed by atoms with van der Waals surface area (Å²) in [5.74, 6) is 1.01. The van der Waals surface area contributed by atoms with Crippen molar-refractivity contribution in [1.29, 1.82) is 5.26 Å². The third-order valence-corrected chi connectivity index (χ3v) is 1.64. The molecule has 0 N–H and O–H groups in total. The topological polar surface area (TPSA) is 45.4 Å². The first-order valence-electron chi connectivity index (χ1n) is 3.33. The molecule has 0 saturated carbocycles. The summed E-state index contributed by atoms with van der Waals surface area (Å²) in [5.41, 5.74) is 0. The van der Waals surface area contributed by atoms with E-state index in [1.54, 1.807) is 7.11 Å². The van der Waals surface area contributed by atoms with Crippen LogP contribution < -0.4 is 0 Å². The number of hydrogen-bond donors (Lipinski definition) is 0. The highest BCUT2D eigenvalue weighted by Crippen LogP contribution is 2.17. The highest BCUT2D eigenvalue weighted by atomic mass is 16.5. The fourth-order valence-corrected chi connectivity index (χ4v) is 1.11. The standard InChI is InChI=1S/C7H10N2O/c1-10-7-6(2-4-8)3-5-9-7/h6H,2-3,5H2,1H3. The molecule has 54 valence electrons. The smallest absolute Gasteiger partial charge is 0.187 e. The van der Waals surface area contributed by atoms with Gasteiger partial charge in [0.25, 0.3) is 0 Å². The van der Waals surface area contributed by atoms with Crippen LogP contribution in [-0.4, -0.2) is 19.6 Å². The van der Waals surface area contributed by atoms with E-state index in [-0.39, 0.29) is 5.92 Å². The monoisotopic (exact) mass is 138 g/mol. The largest absolute Gasteiger partial charge is 0.484 e. The van der Waals surface area contributed by atoms with Gasteiger partial charge in [-0.05, 0) is 6.42 Å². The highest BCUT2D eigenvalue weighted by Gasteiger charge is 2.20. The van der Waals surface area contributed by atoms with E-state index < -0.39 is 0 Å². The first kappa shape index (κ1) is 7.07. The second-order valence-corrected chi connectivity index (χ2v) is 2.27. The van der Waals surface area contributed by atoms with Gasteiger partial charge < -0.3 is 4.74 Å². The quantitative estimate of drug-likeness (QED) is 0.541. The Labute approximate surface area is 60.3 Å². The van der Waals surface area contributed by atoms with Crippen molar-refractivity contribution in [1.82, 2.24) is 0 Å². The molecule has 1 aliphatic heterocycles. The molecule has 0 aromatic carbocycles. The number of nitriles is 1. The number of nitrogens with zero attached hydrogens (tertiary/aromatic N) is 2. The fourth-order valence-electron chi connectivity index (χ4n) is 1.11. The summed E-state index contributed by atoms with van der Waals surface area (Å²) in [6.07, 6.45) is 1.50. The predicted molar refractivity (Wildman–Crippen MR) is 37.6 cm³/mol. The van der Waals surface area contributed by atoms with E-state index >= 15 is 0 Å². The average Bonchev–Trinajstić information content (AvgIpc) is 2.36. The Kier molecular flexibility index (Phi) is 2.27. The van der Waals surface area contributed by atoms with Crippen molar-refractivity contribution in [2.24, 2.45) is 10.9 Å². The lowest BCUT2D eigenvalue weighted by molar-refractivity contribution is 0.373. The van der Waals surface area contributed by atoms with Crippen molar-refractivity contribution >= 4 is 5.90 Å². The first-order chi connectivity index (χ1) is 4.88. The molecule has 10 heavy (non-hydrogen) atoms. The Morgan fingerprint density at radius 3 is 3.30 bits per heavy atom. The van der Waals surface area contributed by atoms with Gasteiger partial charge in [-0.2, -0.15) is 5.26 Å². The van der Waals surface area contributed by atoms with E-state index in [1.807, 2.05) is 0 Å². The molecule has 0 aromatic rings. The molecule has 0 bridgehead atoms. The zero-order valence-corrected chi connectivity index (χ0v) is 6.00. The third-order valence-electron chi connectivity index (χ3n) is 1.64. The van der Waals surface area contributed by atoms with Crippen molar-refractivity contribution in [2.75, 3.05) is 13.7 Å². The van der Waals surface area contributed by atoms with Crippen LogP contribution in [0.4, 0.5) is 0 Å². The Bertz CT molecular complexity index is 181. The van der Waals surface area contributed by atoms with Crippen molar-refractivity contribution < 1.29 is 4.74 Å². The van der Waals surface area contributed by atoms with E-state index in [2.05, 4.69) is 11.1 Å². The van der Waals surface area contributed by atoms with Gasteiger partial charge in [-0.25, -0.2) is 0 Å². The Hall–Kier alpha value is -1.04. The molecule has 1 atom stereocenters. The van der Waals surface area contributed by atoms with Gasteiger partial charge in [-0.1, -0.05) is 0 Å². The van der Waals surface area contributed by atoms with Gasteiger partial charge in [-0.15, -0.1) is 0 Å².